The van der Waals surface area contributed by atoms with Gasteiger partial charge in [0.1, 0.15) is 0 Å². The summed E-state index contributed by atoms with van der Waals surface area (Å²) in [4.78, 5) is 11.6. The van der Waals surface area contributed by atoms with Crippen LogP contribution in [-0.2, 0) is 23.7 Å². The summed E-state index contributed by atoms with van der Waals surface area (Å²) in [5.41, 5.74) is 5.31. The van der Waals surface area contributed by atoms with Crippen LogP contribution in [0.15, 0.2) is 0 Å². The number of carbonyl (C=O) groups excluding carboxylic acids is 1. The smallest absolute Gasteiger partial charge is 0.398 e. The van der Waals surface area contributed by atoms with Crippen molar-refractivity contribution in [2.24, 2.45) is 5.73 Å². The van der Waals surface area contributed by atoms with Crippen LogP contribution in [0.3, 0.4) is 0 Å². The van der Waals surface area contributed by atoms with Crippen LogP contribution < -0.4 is 11.1 Å². The molecule has 0 fully saturated rings. The van der Waals surface area contributed by atoms with Crippen molar-refractivity contribution < 1.29 is 23.7 Å². The quantitative estimate of drug-likeness (QED) is 0.294. The Morgan fingerprint density at radius 2 is 1.76 bits per heavy atom. The Balaban J connectivity index is 3.83. The fourth-order valence-electron chi connectivity index (χ4n) is 1.18. The predicted octanol–water partition coefficient (Wildman–Crippen LogP) is -0.939. The Hall–Kier alpha value is -0.730. The molecule has 0 rings (SSSR count). The standard InChI is InChI=1S/C10H22N2O5/c1-14-10(15-2,16-3)9(13)17-8-4-6-12-7-5-11/h12H,4-8,11H2,1-3H3. The van der Waals surface area contributed by atoms with E-state index >= 15 is 0 Å². The molecular weight excluding hydrogens is 228 g/mol. The van der Waals surface area contributed by atoms with E-state index in [2.05, 4.69) is 5.32 Å². The molecule has 0 amide bonds. The highest BCUT2D eigenvalue weighted by atomic mass is 16.9. The molecule has 0 aliphatic rings. The van der Waals surface area contributed by atoms with Gasteiger partial charge in [0.05, 0.1) is 6.61 Å². The number of methoxy groups -OCH3 is 3. The molecule has 7 heteroatoms. The van der Waals surface area contributed by atoms with Gasteiger partial charge in [-0.1, -0.05) is 0 Å². The van der Waals surface area contributed by atoms with Crippen molar-refractivity contribution in [2.45, 2.75) is 12.4 Å². The molecule has 0 saturated heterocycles. The summed E-state index contributed by atoms with van der Waals surface area (Å²) >= 11 is 0. The summed E-state index contributed by atoms with van der Waals surface area (Å²) in [7, 11) is 3.91. The molecule has 0 radical (unpaired) electrons. The van der Waals surface area contributed by atoms with Gasteiger partial charge in [-0.3, -0.25) is 0 Å². The molecule has 7 nitrogen and oxygen atoms in total. The highest BCUT2D eigenvalue weighted by Crippen LogP contribution is 2.14. The Kier molecular flexibility index (Phi) is 8.92. The van der Waals surface area contributed by atoms with E-state index in [0.29, 0.717) is 13.0 Å². The SMILES string of the molecule is COC(OC)(OC)C(=O)OCCCNCCN. The minimum Gasteiger partial charge on any atom is -0.460 e. The van der Waals surface area contributed by atoms with Crippen molar-refractivity contribution in [2.75, 3.05) is 47.6 Å². The van der Waals surface area contributed by atoms with Crippen LogP contribution >= 0.6 is 0 Å². The van der Waals surface area contributed by atoms with Gasteiger partial charge in [0, 0.05) is 34.4 Å². The maximum atomic E-state index is 11.6. The summed E-state index contributed by atoms with van der Waals surface area (Å²) < 4.78 is 19.5. The Labute approximate surface area is 102 Å². The van der Waals surface area contributed by atoms with Crippen LogP contribution in [0.2, 0.25) is 0 Å². The third-order valence-corrected chi connectivity index (χ3v) is 2.11. The molecule has 0 aromatic carbocycles. The molecule has 0 atom stereocenters. The lowest BCUT2D eigenvalue weighted by molar-refractivity contribution is -0.338. The first-order chi connectivity index (χ1) is 8.16. The monoisotopic (exact) mass is 250 g/mol. The molecule has 3 N–H and O–H groups in total. The van der Waals surface area contributed by atoms with Gasteiger partial charge in [0.2, 0.25) is 0 Å². The van der Waals surface area contributed by atoms with E-state index in [1.54, 1.807) is 0 Å². The van der Waals surface area contributed by atoms with Gasteiger partial charge in [0.15, 0.2) is 0 Å². The number of esters is 1. The molecule has 0 aromatic heterocycles. The number of hydrogen-bond acceptors (Lipinski definition) is 7. The molecule has 0 saturated carbocycles. The topological polar surface area (TPSA) is 92.0 Å². The molecule has 0 aromatic rings. The van der Waals surface area contributed by atoms with Crippen LogP contribution in [-0.4, -0.2) is 59.5 Å². The number of nitrogens with two attached hydrogens (primary N) is 1. The van der Waals surface area contributed by atoms with Crippen molar-refractivity contribution in [3.63, 3.8) is 0 Å². The Morgan fingerprint density at radius 1 is 1.18 bits per heavy atom. The van der Waals surface area contributed by atoms with Gasteiger partial charge >= 0.3 is 11.9 Å². The first-order valence-electron chi connectivity index (χ1n) is 5.40. The lowest BCUT2D eigenvalue weighted by Gasteiger charge is -2.25. The number of ether oxygens (including phenoxy) is 4. The van der Waals surface area contributed by atoms with Crippen LogP contribution in [0.4, 0.5) is 0 Å². The fraction of sp³-hybridized carbons (Fsp3) is 0.900. The zero-order chi connectivity index (χ0) is 13.1. The molecule has 102 valence electrons. The van der Waals surface area contributed by atoms with E-state index in [4.69, 9.17) is 24.7 Å². The third kappa shape index (κ3) is 5.42. The largest absolute Gasteiger partial charge is 0.460 e. The first-order valence-corrected chi connectivity index (χ1v) is 5.40. The Morgan fingerprint density at radius 3 is 2.24 bits per heavy atom. The second-order valence-corrected chi connectivity index (χ2v) is 3.20. The number of nitrogens with one attached hydrogen (secondary N) is 1. The minimum atomic E-state index is -1.77. The van der Waals surface area contributed by atoms with Crippen molar-refractivity contribution in [1.29, 1.82) is 0 Å². The van der Waals surface area contributed by atoms with Crippen LogP contribution in [0, 0.1) is 0 Å². The van der Waals surface area contributed by atoms with Gasteiger partial charge in [-0.25, -0.2) is 4.79 Å². The van der Waals surface area contributed by atoms with Crippen LogP contribution in [0.25, 0.3) is 0 Å². The predicted molar refractivity (Wildman–Crippen MR) is 61.3 cm³/mol. The number of rotatable bonds is 10. The summed E-state index contributed by atoms with van der Waals surface area (Å²) in [6.07, 6.45) is 0.680. The maximum absolute atomic E-state index is 11.6. The second-order valence-electron chi connectivity index (χ2n) is 3.20. The first kappa shape index (κ1) is 16.3. The average Bonchev–Trinajstić information content (AvgIpc) is 2.36. The molecule has 0 aliphatic heterocycles. The van der Waals surface area contributed by atoms with Crippen molar-refractivity contribution >= 4 is 5.97 Å². The number of hydrogen-bond donors (Lipinski definition) is 2. The third-order valence-electron chi connectivity index (χ3n) is 2.11. The zero-order valence-electron chi connectivity index (χ0n) is 10.7. The summed E-state index contributed by atoms with van der Waals surface area (Å²) in [5, 5.41) is 3.08. The van der Waals surface area contributed by atoms with Gasteiger partial charge in [-0.15, -0.1) is 0 Å². The van der Waals surface area contributed by atoms with Crippen LogP contribution in [0.5, 0.6) is 0 Å². The number of carbonyl (C=O) groups is 1. The van der Waals surface area contributed by atoms with Crippen molar-refractivity contribution in [3.8, 4) is 0 Å². The molecule has 0 unspecified atom stereocenters. The lowest BCUT2D eigenvalue weighted by Crippen LogP contribution is -2.46. The van der Waals surface area contributed by atoms with E-state index < -0.39 is 11.9 Å². The van der Waals surface area contributed by atoms with Gasteiger partial charge in [-0.2, -0.15) is 0 Å². The van der Waals surface area contributed by atoms with Crippen molar-refractivity contribution in [3.05, 3.63) is 0 Å². The highest BCUT2D eigenvalue weighted by molar-refractivity contribution is 5.76. The molecule has 0 bridgehead atoms. The van der Waals surface area contributed by atoms with E-state index in [1.165, 1.54) is 21.3 Å². The summed E-state index contributed by atoms with van der Waals surface area (Å²) in [5.74, 6) is -2.48. The highest BCUT2D eigenvalue weighted by Gasteiger charge is 2.41. The summed E-state index contributed by atoms with van der Waals surface area (Å²) in [6.45, 7) is 2.31. The minimum absolute atomic E-state index is 0.258. The van der Waals surface area contributed by atoms with Gasteiger partial charge in [0.25, 0.3) is 0 Å². The van der Waals surface area contributed by atoms with Crippen molar-refractivity contribution in [1.82, 2.24) is 5.32 Å². The van der Waals surface area contributed by atoms with Gasteiger partial charge in [-0.05, 0) is 13.0 Å². The van der Waals surface area contributed by atoms with E-state index in [1.807, 2.05) is 0 Å². The van der Waals surface area contributed by atoms with E-state index in [-0.39, 0.29) is 6.61 Å². The second kappa shape index (κ2) is 9.32. The molecular formula is C10H22N2O5. The zero-order valence-corrected chi connectivity index (χ0v) is 10.7. The molecule has 0 heterocycles. The molecule has 0 aliphatic carbocycles. The average molecular weight is 250 g/mol. The lowest BCUT2D eigenvalue weighted by atomic mass is 10.4. The normalized spacial score (nSPS) is 11.5. The molecule has 0 spiro atoms. The Bertz CT molecular complexity index is 201. The van der Waals surface area contributed by atoms with E-state index in [0.717, 1.165) is 13.1 Å². The maximum Gasteiger partial charge on any atom is 0.398 e. The summed E-state index contributed by atoms with van der Waals surface area (Å²) in [6, 6.07) is 0. The fourth-order valence-corrected chi connectivity index (χ4v) is 1.18. The van der Waals surface area contributed by atoms with Crippen LogP contribution in [0.1, 0.15) is 6.42 Å². The van der Waals surface area contributed by atoms with E-state index in [9.17, 15) is 4.79 Å². The molecule has 17 heavy (non-hydrogen) atoms. The van der Waals surface area contributed by atoms with Gasteiger partial charge < -0.3 is 30.0 Å².